The second-order valence-corrected chi connectivity index (χ2v) is 21.7. The van der Waals surface area contributed by atoms with Crippen LogP contribution in [-0.2, 0) is 44.4 Å². The van der Waals surface area contributed by atoms with Gasteiger partial charge in [0.2, 0.25) is 5.91 Å². The molecule has 0 bridgehead atoms. The van der Waals surface area contributed by atoms with Crippen LogP contribution < -0.4 is 30.9 Å². The number of aryl methyl sites for hydroxylation is 1. The lowest BCUT2D eigenvalue weighted by Gasteiger charge is -2.47. The summed E-state index contributed by atoms with van der Waals surface area (Å²) in [6.07, 6.45) is 14.3. The number of hydrogen-bond donors (Lipinski definition) is 3. The molecule has 1 saturated carbocycles. The van der Waals surface area contributed by atoms with E-state index in [-0.39, 0.29) is 40.6 Å². The Labute approximate surface area is 421 Å². The van der Waals surface area contributed by atoms with Crippen molar-refractivity contribution in [3.63, 3.8) is 0 Å². The molecular formula is C56H67N11O5. The van der Waals surface area contributed by atoms with E-state index in [1.54, 1.807) is 30.4 Å². The fraction of sp³-hybridized carbons (Fsp3) is 0.464. The number of amides is 3. The molecule has 2 saturated heterocycles. The molecule has 2 aliphatic carbocycles. The number of nitrogens with one attached hydrogen (secondary N) is 2. The molecule has 5 aromatic rings. The molecule has 7 heterocycles. The maximum absolute atomic E-state index is 14.1. The molecule has 3 amide bonds. The van der Waals surface area contributed by atoms with Gasteiger partial charge in [-0.15, -0.1) is 0 Å². The van der Waals surface area contributed by atoms with Crippen molar-refractivity contribution in [1.82, 2.24) is 28.9 Å². The molecule has 1 atom stereocenters. The Hall–Kier alpha value is -6.78. The number of rotatable bonds is 11. The Kier molecular flexibility index (Phi) is 12.5. The van der Waals surface area contributed by atoms with Crippen LogP contribution in [0.3, 0.4) is 0 Å². The predicted octanol–water partition coefficient (Wildman–Crippen LogP) is 7.26. The molecule has 376 valence electrons. The number of hydrogen-bond acceptors (Lipinski definition) is 11. The molecule has 16 nitrogen and oxygen atoms in total. The van der Waals surface area contributed by atoms with Crippen molar-refractivity contribution in [3.05, 3.63) is 118 Å². The molecule has 3 aromatic heterocycles. The molecule has 0 unspecified atom stereocenters. The first kappa shape index (κ1) is 47.5. The van der Waals surface area contributed by atoms with Crippen LogP contribution in [0.15, 0.2) is 78.4 Å². The second kappa shape index (κ2) is 19.0. The molecule has 72 heavy (non-hydrogen) atoms. The Morgan fingerprint density at radius 2 is 1.68 bits per heavy atom. The zero-order valence-electron chi connectivity index (χ0n) is 42.1. The van der Waals surface area contributed by atoms with E-state index in [1.165, 1.54) is 52.4 Å². The molecule has 0 radical (unpaired) electrons. The number of nitrogens with zero attached hydrogens (tertiary/aromatic N) is 9. The maximum Gasteiger partial charge on any atom is 0.293 e. The highest BCUT2D eigenvalue weighted by molar-refractivity contribution is 6.06. The van der Waals surface area contributed by atoms with Crippen LogP contribution in [0, 0.1) is 5.41 Å². The van der Waals surface area contributed by atoms with Crippen molar-refractivity contribution in [2.75, 3.05) is 64.6 Å². The van der Waals surface area contributed by atoms with Gasteiger partial charge >= 0.3 is 0 Å². The van der Waals surface area contributed by atoms with Crippen LogP contribution in [0.25, 0.3) is 11.3 Å². The monoisotopic (exact) mass is 974 g/mol. The SMILES string of the molecule is C=CC(=O)Nc1cc(Nc2nc(-c3ccnc(N4CCn5c(cc6c5CC(C)(C)C6)C4=O)c3CO)cn(C)c2=O)ccc1N1CCN(C2CCN(c3cccc4c3CN(C3CCCCC3)C4=O)CC2)C[C@@H]1C. The van der Waals surface area contributed by atoms with Gasteiger partial charge in [-0.1, -0.05) is 45.8 Å². The fourth-order valence-corrected chi connectivity index (χ4v) is 12.8. The zero-order chi connectivity index (χ0) is 50.0. The third-order valence-electron chi connectivity index (χ3n) is 16.4. The van der Waals surface area contributed by atoms with Crippen molar-refractivity contribution in [2.45, 2.75) is 116 Å². The van der Waals surface area contributed by atoms with Gasteiger partial charge in [0, 0.05) is 129 Å². The second-order valence-electron chi connectivity index (χ2n) is 21.7. The molecule has 4 aliphatic heterocycles. The number of carbonyl (C=O) groups excluding carboxylic acids is 3. The van der Waals surface area contributed by atoms with Crippen LogP contribution in [0.4, 0.5) is 34.4 Å². The summed E-state index contributed by atoms with van der Waals surface area (Å²) in [6, 6.07) is 16.7. The number of aliphatic hydroxyl groups excluding tert-OH is 1. The van der Waals surface area contributed by atoms with Crippen molar-refractivity contribution in [2.24, 2.45) is 12.5 Å². The summed E-state index contributed by atoms with van der Waals surface area (Å²) in [4.78, 5) is 75.0. The van der Waals surface area contributed by atoms with Crippen molar-refractivity contribution >= 4 is 52.1 Å². The smallest absolute Gasteiger partial charge is 0.293 e. The minimum absolute atomic E-state index is 0.0508. The first-order chi connectivity index (χ1) is 34.8. The lowest BCUT2D eigenvalue weighted by Crippen LogP contribution is -2.57. The van der Waals surface area contributed by atoms with E-state index in [2.05, 4.69) is 79.3 Å². The highest BCUT2D eigenvalue weighted by Crippen LogP contribution is 2.42. The number of aliphatic hydroxyl groups is 1. The highest BCUT2D eigenvalue weighted by atomic mass is 16.3. The Morgan fingerprint density at radius 1 is 0.875 bits per heavy atom. The fourth-order valence-electron chi connectivity index (χ4n) is 12.8. The van der Waals surface area contributed by atoms with Crippen LogP contribution in [0.5, 0.6) is 0 Å². The minimum Gasteiger partial charge on any atom is -0.392 e. The lowest BCUT2D eigenvalue weighted by atomic mass is 9.90. The standard InChI is InChI=1S/C56H67N11O5/c1-6-50(69)59-44-28-37(58-51-55(72)61(5)33-45(60-51)40-17-20-57-52(43(40)34-68)66-26-25-65-48(54(66)71)27-36-29-56(3,4)30-49(36)65)15-16-47(44)64-24-23-63(31-35(64)2)38-18-21-62(22-19-38)46-14-10-13-41-42(46)32-67(53(41)70)39-11-8-7-9-12-39/h6,10,13-17,20,27-28,33,35,38-39,68H,1,7-9,11-12,18-19,21-26,29-32,34H2,2-5H3,(H,58,60)(H,59,69)/t35-/m0/s1. The Bertz CT molecular complexity index is 3040. The van der Waals surface area contributed by atoms with Crippen LogP contribution >= 0.6 is 0 Å². The highest BCUT2D eigenvalue weighted by Gasteiger charge is 2.39. The molecule has 2 aromatic carbocycles. The molecular weight excluding hydrogens is 907 g/mol. The van der Waals surface area contributed by atoms with Gasteiger partial charge in [0.25, 0.3) is 17.4 Å². The lowest BCUT2D eigenvalue weighted by molar-refractivity contribution is -0.111. The van der Waals surface area contributed by atoms with Gasteiger partial charge in [-0.2, -0.15) is 0 Å². The summed E-state index contributed by atoms with van der Waals surface area (Å²) in [6.45, 7) is 16.2. The van der Waals surface area contributed by atoms with E-state index >= 15 is 0 Å². The van der Waals surface area contributed by atoms with E-state index in [0.717, 1.165) is 89.0 Å². The summed E-state index contributed by atoms with van der Waals surface area (Å²) in [5.74, 6) is 0.109. The molecule has 3 fully saturated rings. The maximum atomic E-state index is 14.1. The minimum atomic E-state index is -0.403. The third kappa shape index (κ3) is 8.65. The number of fused-ring (bicyclic) bond motifs is 4. The number of benzene rings is 2. The van der Waals surface area contributed by atoms with E-state index < -0.39 is 6.61 Å². The topological polar surface area (TPSA) is 164 Å². The summed E-state index contributed by atoms with van der Waals surface area (Å²) < 4.78 is 3.59. The Balaban J connectivity index is 0.779. The van der Waals surface area contributed by atoms with Gasteiger partial charge in [-0.25, -0.2) is 9.97 Å². The molecule has 3 N–H and O–H groups in total. The van der Waals surface area contributed by atoms with E-state index in [9.17, 15) is 24.3 Å². The largest absolute Gasteiger partial charge is 0.392 e. The van der Waals surface area contributed by atoms with Crippen molar-refractivity contribution < 1.29 is 19.5 Å². The van der Waals surface area contributed by atoms with E-state index in [0.29, 0.717) is 64.9 Å². The quantitative estimate of drug-likeness (QED) is 0.114. The summed E-state index contributed by atoms with van der Waals surface area (Å²) in [5, 5.41) is 17.1. The van der Waals surface area contributed by atoms with Crippen LogP contribution in [0.1, 0.15) is 109 Å². The Morgan fingerprint density at radius 3 is 2.44 bits per heavy atom. The summed E-state index contributed by atoms with van der Waals surface area (Å²) in [7, 11) is 1.65. The van der Waals surface area contributed by atoms with E-state index in [4.69, 9.17) is 4.98 Å². The summed E-state index contributed by atoms with van der Waals surface area (Å²) in [5.41, 5.74) is 9.58. The normalized spacial score (nSPS) is 20.4. The van der Waals surface area contributed by atoms with Gasteiger partial charge in [0.1, 0.15) is 11.5 Å². The van der Waals surface area contributed by atoms with Gasteiger partial charge < -0.3 is 39.6 Å². The number of pyridine rings is 1. The average Bonchev–Trinajstić information content (AvgIpc) is 4.02. The predicted molar refractivity (Wildman–Crippen MR) is 281 cm³/mol. The van der Waals surface area contributed by atoms with Crippen molar-refractivity contribution in [1.29, 1.82) is 0 Å². The number of anilines is 6. The molecule has 16 heteroatoms. The molecule has 11 rings (SSSR count). The zero-order valence-corrected chi connectivity index (χ0v) is 42.1. The average molecular weight is 974 g/mol. The third-order valence-corrected chi connectivity index (χ3v) is 16.4. The van der Waals surface area contributed by atoms with Gasteiger partial charge in [-0.3, -0.25) is 29.0 Å². The van der Waals surface area contributed by atoms with E-state index in [1.807, 2.05) is 30.3 Å². The van der Waals surface area contributed by atoms with Crippen LogP contribution in [-0.4, -0.2) is 109 Å². The summed E-state index contributed by atoms with van der Waals surface area (Å²) >= 11 is 0. The number of carbonyl (C=O) groups is 3. The number of aromatic nitrogens is 4. The molecule has 0 spiro atoms. The van der Waals surface area contributed by atoms with Gasteiger partial charge in [0.15, 0.2) is 5.82 Å². The first-order valence-corrected chi connectivity index (χ1v) is 26.0. The first-order valence-electron chi connectivity index (χ1n) is 26.0. The number of piperazine rings is 1. The number of piperidine rings is 1. The van der Waals surface area contributed by atoms with Crippen molar-refractivity contribution in [3.8, 4) is 11.3 Å². The molecule has 6 aliphatic rings. The van der Waals surface area contributed by atoms with Gasteiger partial charge in [-0.05, 0) is 105 Å². The van der Waals surface area contributed by atoms with Gasteiger partial charge in [0.05, 0.1) is 23.7 Å². The van der Waals surface area contributed by atoms with Crippen LogP contribution in [0.2, 0.25) is 0 Å².